The first-order valence-electron chi connectivity index (χ1n) is 7.24. The molecular formula is C17H20ClNO3S. The molecule has 1 aliphatic rings. The first kappa shape index (κ1) is 17.9. The molecule has 0 atom stereocenters. The molecule has 0 unspecified atom stereocenters. The van der Waals surface area contributed by atoms with Gasteiger partial charge in [-0.15, -0.1) is 0 Å². The van der Waals surface area contributed by atoms with Crippen LogP contribution < -0.4 is 4.74 Å². The summed E-state index contributed by atoms with van der Waals surface area (Å²) in [5.74, 6) is 0.981. The number of rotatable bonds is 4. The summed E-state index contributed by atoms with van der Waals surface area (Å²) in [4.78, 5) is 26.0. The first-order valence-corrected chi connectivity index (χ1v) is 8.60. The molecule has 4 nitrogen and oxygen atoms in total. The highest BCUT2D eigenvalue weighted by Crippen LogP contribution is 2.34. The number of hydrogen-bond acceptors (Lipinski definition) is 4. The van der Waals surface area contributed by atoms with Crippen LogP contribution in [-0.2, 0) is 16.1 Å². The molecule has 1 amide bonds. The summed E-state index contributed by atoms with van der Waals surface area (Å²) in [6.07, 6.45) is 1.56. The zero-order valence-corrected chi connectivity index (χ0v) is 15.3. The monoisotopic (exact) mass is 353 g/mol. The number of ether oxygens (including phenoxy) is 1. The van der Waals surface area contributed by atoms with Crippen LogP contribution in [0, 0.1) is 5.41 Å². The minimum absolute atomic E-state index is 0.00207. The zero-order chi connectivity index (χ0) is 17.2. The van der Waals surface area contributed by atoms with Crippen molar-refractivity contribution in [1.29, 1.82) is 0 Å². The van der Waals surface area contributed by atoms with Crippen molar-refractivity contribution >= 4 is 35.1 Å². The third-order valence-corrected chi connectivity index (χ3v) is 4.74. The minimum Gasteiger partial charge on any atom is -0.496 e. The number of hydrogen-bond donors (Lipinski definition) is 0. The van der Waals surface area contributed by atoms with Gasteiger partial charge in [0.15, 0.2) is 5.78 Å². The van der Waals surface area contributed by atoms with Crippen LogP contribution in [0.25, 0.3) is 0 Å². The molecule has 1 heterocycles. The molecule has 0 aromatic heterocycles. The van der Waals surface area contributed by atoms with Crippen LogP contribution in [0.5, 0.6) is 5.75 Å². The van der Waals surface area contributed by atoms with Crippen LogP contribution in [0.1, 0.15) is 26.3 Å². The fourth-order valence-electron chi connectivity index (χ4n) is 2.07. The molecule has 0 radical (unpaired) electrons. The summed E-state index contributed by atoms with van der Waals surface area (Å²) in [6.45, 7) is 5.91. The second-order valence-electron chi connectivity index (χ2n) is 6.32. The van der Waals surface area contributed by atoms with E-state index in [9.17, 15) is 9.59 Å². The molecular weight excluding hydrogens is 334 g/mol. The molecule has 0 saturated carbocycles. The van der Waals surface area contributed by atoms with Crippen molar-refractivity contribution in [1.82, 2.24) is 4.90 Å². The van der Waals surface area contributed by atoms with Crippen LogP contribution in [-0.4, -0.2) is 29.5 Å². The van der Waals surface area contributed by atoms with Gasteiger partial charge >= 0.3 is 0 Å². The van der Waals surface area contributed by atoms with Gasteiger partial charge in [0.2, 0.25) is 5.91 Å². The van der Waals surface area contributed by atoms with Gasteiger partial charge in [0.05, 0.1) is 24.4 Å². The molecule has 23 heavy (non-hydrogen) atoms. The van der Waals surface area contributed by atoms with E-state index in [2.05, 4.69) is 0 Å². The summed E-state index contributed by atoms with van der Waals surface area (Å²) >= 11 is 7.43. The van der Waals surface area contributed by atoms with Crippen molar-refractivity contribution in [3.8, 4) is 5.75 Å². The van der Waals surface area contributed by atoms with E-state index >= 15 is 0 Å². The van der Waals surface area contributed by atoms with Crippen LogP contribution in [0.2, 0.25) is 5.02 Å². The van der Waals surface area contributed by atoms with E-state index in [4.69, 9.17) is 16.3 Å². The van der Waals surface area contributed by atoms with Crippen LogP contribution in [0.4, 0.5) is 0 Å². The molecule has 0 bridgehead atoms. The highest BCUT2D eigenvalue weighted by molar-refractivity contribution is 8.04. The summed E-state index contributed by atoms with van der Waals surface area (Å²) in [5.41, 5.74) is 0.337. The summed E-state index contributed by atoms with van der Waals surface area (Å²) in [5, 5.41) is 1.26. The fraction of sp³-hybridized carbons (Fsp3) is 0.412. The van der Waals surface area contributed by atoms with Gasteiger partial charge in [-0.1, -0.05) is 44.1 Å². The number of halogens is 1. The lowest BCUT2D eigenvalue weighted by Crippen LogP contribution is -2.26. The predicted octanol–water partition coefficient (Wildman–Crippen LogP) is 3.88. The van der Waals surface area contributed by atoms with Gasteiger partial charge in [0.1, 0.15) is 5.75 Å². The number of amides is 1. The maximum Gasteiger partial charge on any atom is 0.238 e. The molecule has 0 aliphatic carbocycles. The summed E-state index contributed by atoms with van der Waals surface area (Å²) in [6, 6.07) is 5.29. The van der Waals surface area contributed by atoms with Crippen molar-refractivity contribution in [2.45, 2.75) is 27.3 Å². The highest BCUT2D eigenvalue weighted by atomic mass is 35.5. The number of thioether (sulfide) groups is 1. The van der Waals surface area contributed by atoms with Crippen LogP contribution in [0.3, 0.4) is 0 Å². The Bertz CT molecular complexity index is 664. The minimum atomic E-state index is -0.474. The Labute approximate surface area is 145 Å². The van der Waals surface area contributed by atoms with Gasteiger partial charge < -0.3 is 9.64 Å². The second kappa shape index (κ2) is 6.97. The van der Waals surface area contributed by atoms with Gasteiger partial charge in [0, 0.05) is 22.1 Å². The zero-order valence-electron chi connectivity index (χ0n) is 13.7. The molecule has 0 spiro atoms. The van der Waals surface area contributed by atoms with E-state index in [-0.39, 0.29) is 11.7 Å². The molecule has 1 aromatic rings. The highest BCUT2D eigenvalue weighted by Gasteiger charge is 2.30. The Kier molecular flexibility index (Phi) is 5.42. The maximum absolute atomic E-state index is 12.2. The number of allylic oxidation sites excluding steroid dienone is 1. The van der Waals surface area contributed by atoms with Crippen molar-refractivity contribution in [2.24, 2.45) is 5.41 Å². The molecule has 1 aromatic carbocycles. The lowest BCUT2D eigenvalue weighted by molar-refractivity contribution is -0.125. The second-order valence-corrected chi connectivity index (χ2v) is 7.75. The SMILES string of the molecule is COc1ccc(Cl)cc1CN1C(=O)CSC1=CC(=O)C(C)(C)C. The summed E-state index contributed by atoms with van der Waals surface area (Å²) < 4.78 is 5.33. The number of carbonyl (C=O) groups excluding carboxylic acids is 2. The maximum atomic E-state index is 12.2. The van der Waals surface area contributed by atoms with Crippen molar-refractivity contribution < 1.29 is 14.3 Å². The van der Waals surface area contributed by atoms with E-state index in [0.717, 1.165) is 5.56 Å². The normalized spacial score (nSPS) is 17.0. The lowest BCUT2D eigenvalue weighted by Gasteiger charge is -2.20. The third kappa shape index (κ3) is 4.30. The molecule has 1 aliphatic heterocycles. The van der Waals surface area contributed by atoms with E-state index < -0.39 is 5.41 Å². The van der Waals surface area contributed by atoms with Crippen molar-refractivity contribution in [2.75, 3.05) is 12.9 Å². The van der Waals surface area contributed by atoms with E-state index in [0.29, 0.717) is 28.1 Å². The Hall–Kier alpha value is -1.46. The largest absolute Gasteiger partial charge is 0.496 e. The Balaban J connectivity index is 2.30. The number of nitrogens with zero attached hydrogens (tertiary/aromatic N) is 1. The topological polar surface area (TPSA) is 46.6 Å². The average molecular weight is 354 g/mol. The van der Waals surface area contributed by atoms with Crippen molar-refractivity contribution in [3.05, 3.63) is 39.9 Å². The standard InChI is InChI=1S/C17H20ClNO3S/c1-17(2,3)14(20)8-16-19(15(21)10-23-16)9-11-7-12(18)5-6-13(11)22-4/h5-8H,9-10H2,1-4H3. The van der Waals surface area contributed by atoms with Gasteiger partial charge in [-0.25, -0.2) is 0 Å². The summed E-state index contributed by atoms with van der Waals surface area (Å²) in [7, 11) is 1.58. The van der Waals surface area contributed by atoms with E-state index in [1.54, 1.807) is 36.3 Å². The number of benzene rings is 1. The van der Waals surface area contributed by atoms with Gasteiger partial charge in [-0.2, -0.15) is 0 Å². The quantitative estimate of drug-likeness (QED) is 0.771. The number of methoxy groups -OCH3 is 1. The van der Waals surface area contributed by atoms with E-state index in [1.807, 2.05) is 20.8 Å². The number of carbonyl (C=O) groups is 2. The lowest BCUT2D eigenvalue weighted by atomic mass is 9.91. The predicted molar refractivity (Wildman–Crippen MR) is 93.6 cm³/mol. The molecule has 0 N–H and O–H groups in total. The molecule has 124 valence electrons. The Morgan fingerprint density at radius 1 is 1.43 bits per heavy atom. The molecule has 6 heteroatoms. The first-order chi connectivity index (χ1) is 10.7. The van der Waals surface area contributed by atoms with Crippen molar-refractivity contribution in [3.63, 3.8) is 0 Å². The fourth-order valence-corrected chi connectivity index (χ4v) is 3.20. The molecule has 1 fully saturated rings. The average Bonchev–Trinajstić information content (AvgIpc) is 2.79. The van der Waals surface area contributed by atoms with Gasteiger partial charge in [0.25, 0.3) is 0 Å². The smallest absolute Gasteiger partial charge is 0.238 e. The molecule has 2 rings (SSSR count). The van der Waals surface area contributed by atoms with Crippen LogP contribution >= 0.6 is 23.4 Å². The van der Waals surface area contributed by atoms with Gasteiger partial charge in [-0.3, -0.25) is 9.59 Å². The van der Waals surface area contributed by atoms with E-state index in [1.165, 1.54) is 11.8 Å². The Morgan fingerprint density at radius 3 is 2.74 bits per heavy atom. The number of ketones is 1. The Morgan fingerprint density at radius 2 is 2.13 bits per heavy atom. The van der Waals surface area contributed by atoms with Crippen LogP contribution in [0.15, 0.2) is 29.3 Å². The molecule has 1 saturated heterocycles. The third-order valence-electron chi connectivity index (χ3n) is 3.48. The van der Waals surface area contributed by atoms with Gasteiger partial charge in [-0.05, 0) is 18.2 Å².